The van der Waals surface area contributed by atoms with Crippen LogP contribution in [0.25, 0.3) is 0 Å². The van der Waals surface area contributed by atoms with Crippen molar-refractivity contribution in [3.8, 4) is 0 Å². The first-order chi connectivity index (χ1) is 7.86. The van der Waals surface area contributed by atoms with Crippen LogP contribution in [0.4, 0.5) is 0 Å². The average molecular weight is 229 g/mol. The van der Waals surface area contributed by atoms with Gasteiger partial charge in [0.15, 0.2) is 0 Å². The molecule has 4 nitrogen and oxygen atoms in total. The molecule has 0 spiro atoms. The molecule has 0 aromatic carbocycles. The minimum Gasteiger partial charge on any atom is -0.385 e. The first-order valence-corrected chi connectivity index (χ1v) is 6.50. The summed E-state index contributed by atoms with van der Waals surface area (Å²) in [6, 6.07) is 0. The molecule has 0 aromatic rings. The number of nitrogens with two attached hydrogens (primary N) is 1. The number of hydrogen-bond acceptors (Lipinski definition) is 4. The van der Waals surface area contributed by atoms with Crippen LogP contribution in [0.2, 0.25) is 0 Å². The van der Waals surface area contributed by atoms with Gasteiger partial charge in [-0.15, -0.1) is 0 Å². The Kier molecular flexibility index (Phi) is 7.76. The van der Waals surface area contributed by atoms with Crippen LogP contribution in [-0.2, 0) is 4.74 Å². The van der Waals surface area contributed by atoms with Crippen molar-refractivity contribution in [3.63, 3.8) is 0 Å². The van der Waals surface area contributed by atoms with Gasteiger partial charge in [0.05, 0.1) is 0 Å². The summed E-state index contributed by atoms with van der Waals surface area (Å²) in [5, 5.41) is 0. The molecule has 1 aliphatic rings. The summed E-state index contributed by atoms with van der Waals surface area (Å²) in [5.74, 6) is 0. The van der Waals surface area contributed by atoms with Gasteiger partial charge in [0.2, 0.25) is 0 Å². The van der Waals surface area contributed by atoms with Crippen LogP contribution in [0.15, 0.2) is 0 Å². The maximum absolute atomic E-state index is 5.59. The molecule has 0 bridgehead atoms. The predicted molar refractivity (Wildman–Crippen MR) is 67.7 cm³/mol. The topological polar surface area (TPSA) is 41.7 Å². The molecule has 2 N–H and O–H groups in total. The third kappa shape index (κ3) is 5.80. The SMILES string of the molecule is COCCCCN1CCCN(CCN)CC1. The quantitative estimate of drug-likeness (QED) is 0.641. The fraction of sp³-hybridized carbons (Fsp3) is 1.00. The molecule has 1 saturated heterocycles. The fourth-order valence-corrected chi connectivity index (χ4v) is 2.24. The van der Waals surface area contributed by atoms with E-state index in [0.29, 0.717) is 0 Å². The first kappa shape index (κ1) is 13.9. The second-order valence-electron chi connectivity index (χ2n) is 4.53. The number of methoxy groups -OCH3 is 1. The van der Waals surface area contributed by atoms with Crippen LogP contribution in [0.5, 0.6) is 0 Å². The maximum Gasteiger partial charge on any atom is 0.0462 e. The third-order valence-corrected chi connectivity index (χ3v) is 3.20. The Labute approximate surface area is 99.7 Å². The Morgan fingerprint density at radius 1 is 1.00 bits per heavy atom. The molecular weight excluding hydrogens is 202 g/mol. The first-order valence-electron chi connectivity index (χ1n) is 6.50. The van der Waals surface area contributed by atoms with Crippen LogP contribution in [0.3, 0.4) is 0 Å². The van der Waals surface area contributed by atoms with Crippen LogP contribution in [0, 0.1) is 0 Å². The van der Waals surface area contributed by atoms with Crippen LogP contribution < -0.4 is 5.73 Å². The number of ether oxygens (including phenoxy) is 1. The number of rotatable bonds is 7. The van der Waals surface area contributed by atoms with Gasteiger partial charge in [0.25, 0.3) is 0 Å². The minimum atomic E-state index is 0.786. The van der Waals surface area contributed by atoms with Gasteiger partial charge in [-0.1, -0.05) is 0 Å². The summed E-state index contributed by atoms with van der Waals surface area (Å²) in [6.07, 6.45) is 3.72. The lowest BCUT2D eigenvalue weighted by atomic mass is 10.3. The lowest BCUT2D eigenvalue weighted by Crippen LogP contribution is -2.34. The van der Waals surface area contributed by atoms with Gasteiger partial charge in [-0.2, -0.15) is 0 Å². The highest BCUT2D eigenvalue weighted by molar-refractivity contribution is 4.69. The number of nitrogens with zero attached hydrogens (tertiary/aromatic N) is 2. The Bertz CT molecular complexity index is 166. The van der Waals surface area contributed by atoms with Crippen molar-refractivity contribution in [2.24, 2.45) is 5.73 Å². The van der Waals surface area contributed by atoms with Crippen molar-refractivity contribution < 1.29 is 4.74 Å². The highest BCUT2D eigenvalue weighted by atomic mass is 16.5. The fourth-order valence-electron chi connectivity index (χ4n) is 2.24. The summed E-state index contributed by atoms with van der Waals surface area (Å²) in [6.45, 7) is 8.80. The van der Waals surface area contributed by atoms with Gasteiger partial charge in [0, 0.05) is 39.9 Å². The van der Waals surface area contributed by atoms with Crippen molar-refractivity contribution in [3.05, 3.63) is 0 Å². The van der Waals surface area contributed by atoms with Gasteiger partial charge in [0.1, 0.15) is 0 Å². The summed E-state index contributed by atoms with van der Waals surface area (Å²) >= 11 is 0. The van der Waals surface area contributed by atoms with Crippen LogP contribution >= 0.6 is 0 Å². The van der Waals surface area contributed by atoms with E-state index in [-0.39, 0.29) is 0 Å². The van der Waals surface area contributed by atoms with Crippen LogP contribution in [-0.4, -0.2) is 69.3 Å². The molecule has 1 rings (SSSR count). The molecule has 1 fully saturated rings. The smallest absolute Gasteiger partial charge is 0.0462 e. The molecule has 4 heteroatoms. The van der Waals surface area contributed by atoms with E-state index in [1.807, 2.05) is 0 Å². The molecule has 0 saturated carbocycles. The van der Waals surface area contributed by atoms with E-state index in [1.54, 1.807) is 7.11 Å². The van der Waals surface area contributed by atoms with Crippen molar-refractivity contribution in [1.29, 1.82) is 0 Å². The number of unbranched alkanes of at least 4 members (excludes halogenated alkanes) is 1. The highest BCUT2D eigenvalue weighted by Gasteiger charge is 2.13. The van der Waals surface area contributed by atoms with E-state index in [2.05, 4.69) is 9.80 Å². The van der Waals surface area contributed by atoms with E-state index in [9.17, 15) is 0 Å². The van der Waals surface area contributed by atoms with E-state index in [4.69, 9.17) is 10.5 Å². The largest absolute Gasteiger partial charge is 0.385 e. The second kappa shape index (κ2) is 8.93. The van der Waals surface area contributed by atoms with Crippen molar-refractivity contribution in [1.82, 2.24) is 9.80 Å². The zero-order chi connectivity index (χ0) is 11.6. The van der Waals surface area contributed by atoms with E-state index in [0.717, 1.165) is 19.7 Å². The lowest BCUT2D eigenvalue weighted by molar-refractivity contribution is 0.184. The standard InChI is InChI=1S/C12H27N3O/c1-16-12-3-2-6-14-7-4-8-15(9-5-13)11-10-14/h2-13H2,1H3. The van der Waals surface area contributed by atoms with Crippen molar-refractivity contribution in [2.45, 2.75) is 19.3 Å². The van der Waals surface area contributed by atoms with E-state index in [1.165, 1.54) is 52.0 Å². The van der Waals surface area contributed by atoms with E-state index < -0.39 is 0 Å². The monoisotopic (exact) mass is 229 g/mol. The molecule has 0 amide bonds. The zero-order valence-corrected chi connectivity index (χ0v) is 10.7. The molecule has 0 unspecified atom stereocenters. The van der Waals surface area contributed by atoms with Crippen molar-refractivity contribution >= 4 is 0 Å². The lowest BCUT2D eigenvalue weighted by Gasteiger charge is -2.21. The zero-order valence-electron chi connectivity index (χ0n) is 10.7. The molecule has 0 atom stereocenters. The van der Waals surface area contributed by atoms with Crippen LogP contribution in [0.1, 0.15) is 19.3 Å². The third-order valence-electron chi connectivity index (χ3n) is 3.20. The molecule has 1 aliphatic heterocycles. The Morgan fingerprint density at radius 2 is 1.69 bits per heavy atom. The Balaban J connectivity index is 2.10. The Morgan fingerprint density at radius 3 is 2.31 bits per heavy atom. The minimum absolute atomic E-state index is 0.786. The molecule has 96 valence electrons. The molecule has 1 heterocycles. The molecular formula is C12H27N3O. The molecule has 16 heavy (non-hydrogen) atoms. The summed E-state index contributed by atoms with van der Waals surface area (Å²) in [7, 11) is 1.77. The summed E-state index contributed by atoms with van der Waals surface area (Å²) in [4.78, 5) is 5.06. The summed E-state index contributed by atoms with van der Waals surface area (Å²) in [5.41, 5.74) is 5.59. The molecule has 0 radical (unpaired) electrons. The Hall–Kier alpha value is -0.160. The molecule has 0 aromatic heterocycles. The van der Waals surface area contributed by atoms with Gasteiger partial charge in [-0.3, -0.25) is 0 Å². The van der Waals surface area contributed by atoms with Gasteiger partial charge >= 0.3 is 0 Å². The highest BCUT2D eigenvalue weighted by Crippen LogP contribution is 2.04. The average Bonchev–Trinajstić information content (AvgIpc) is 2.51. The number of hydrogen-bond donors (Lipinski definition) is 1. The second-order valence-corrected chi connectivity index (χ2v) is 4.53. The molecule has 0 aliphatic carbocycles. The normalized spacial score (nSPS) is 19.9. The van der Waals surface area contributed by atoms with Gasteiger partial charge in [-0.25, -0.2) is 0 Å². The van der Waals surface area contributed by atoms with Gasteiger partial charge < -0.3 is 20.3 Å². The predicted octanol–water partition coefficient (Wildman–Crippen LogP) is 0.379. The van der Waals surface area contributed by atoms with Gasteiger partial charge in [-0.05, 0) is 38.9 Å². The maximum atomic E-state index is 5.59. The van der Waals surface area contributed by atoms with Crippen molar-refractivity contribution in [2.75, 3.05) is 59.5 Å². The summed E-state index contributed by atoms with van der Waals surface area (Å²) < 4.78 is 5.06. The van der Waals surface area contributed by atoms with E-state index >= 15 is 0 Å².